The fraction of sp³-hybridized carbons (Fsp3) is 0.261. The van der Waals surface area contributed by atoms with E-state index in [0.717, 1.165) is 18.4 Å². The van der Waals surface area contributed by atoms with E-state index in [4.69, 9.17) is 4.74 Å². The molecular weight excluding hydrogens is 380 g/mol. The molecule has 30 heavy (non-hydrogen) atoms. The molecule has 1 aliphatic rings. The summed E-state index contributed by atoms with van der Waals surface area (Å²) in [6.45, 7) is 3.21. The zero-order valence-corrected chi connectivity index (χ0v) is 16.8. The smallest absolute Gasteiger partial charge is 0.256 e. The molecular formula is C23H24N4O3. The molecule has 2 N–H and O–H groups in total. The maximum Gasteiger partial charge on any atom is 0.256 e. The summed E-state index contributed by atoms with van der Waals surface area (Å²) < 4.78 is 7.15. The van der Waals surface area contributed by atoms with Crippen LogP contribution in [-0.4, -0.2) is 34.3 Å². The SMILES string of the molecule is Cc1cccc(Cn2nccc2NC(=O)c2cccc(NC(=O)C3CCCO3)c2)c1. The Morgan fingerprint density at radius 2 is 2.00 bits per heavy atom. The van der Waals surface area contributed by atoms with Gasteiger partial charge in [-0.3, -0.25) is 9.59 Å². The second-order valence-corrected chi connectivity index (χ2v) is 7.39. The average molecular weight is 404 g/mol. The molecule has 7 heteroatoms. The molecule has 0 radical (unpaired) electrons. The molecule has 1 saturated heterocycles. The van der Waals surface area contributed by atoms with Crippen molar-refractivity contribution in [2.75, 3.05) is 17.2 Å². The topological polar surface area (TPSA) is 85.3 Å². The molecule has 0 spiro atoms. The molecule has 1 aliphatic heterocycles. The third-order valence-corrected chi connectivity index (χ3v) is 4.99. The fourth-order valence-electron chi connectivity index (χ4n) is 3.48. The molecule has 3 aromatic rings. The summed E-state index contributed by atoms with van der Waals surface area (Å²) in [5.74, 6) is 0.158. The first-order valence-corrected chi connectivity index (χ1v) is 10.00. The van der Waals surface area contributed by atoms with E-state index >= 15 is 0 Å². The van der Waals surface area contributed by atoms with E-state index < -0.39 is 6.10 Å². The Morgan fingerprint density at radius 3 is 2.80 bits per heavy atom. The molecule has 2 heterocycles. The van der Waals surface area contributed by atoms with Gasteiger partial charge in [-0.25, -0.2) is 4.68 Å². The molecule has 2 aromatic carbocycles. The number of nitrogens with one attached hydrogen (secondary N) is 2. The lowest BCUT2D eigenvalue weighted by Crippen LogP contribution is -2.27. The number of hydrogen-bond acceptors (Lipinski definition) is 4. The zero-order chi connectivity index (χ0) is 20.9. The highest BCUT2D eigenvalue weighted by Crippen LogP contribution is 2.18. The quantitative estimate of drug-likeness (QED) is 0.657. The van der Waals surface area contributed by atoms with Crippen molar-refractivity contribution in [3.63, 3.8) is 0 Å². The summed E-state index contributed by atoms with van der Waals surface area (Å²) in [6, 6.07) is 16.8. The van der Waals surface area contributed by atoms with Crippen LogP contribution in [0.25, 0.3) is 0 Å². The lowest BCUT2D eigenvalue weighted by Gasteiger charge is -2.12. The number of hydrogen-bond donors (Lipinski definition) is 2. The highest BCUT2D eigenvalue weighted by molar-refractivity contribution is 6.05. The third-order valence-electron chi connectivity index (χ3n) is 4.99. The lowest BCUT2D eigenvalue weighted by atomic mass is 10.1. The predicted octanol–water partition coefficient (Wildman–Crippen LogP) is 3.61. The van der Waals surface area contributed by atoms with Crippen LogP contribution >= 0.6 is 0 Å². The van der Waals surface area contributed by atoms with Crippen LogP contribution in [0.3, 0.4) is 0 Å². The van der Waals surface area contributed by atoms with Crippen molar-refractivity contribution in [2.24, 2.45) is 0 Å². The van der Waals surface area contributed by atoms with E-state index in [-0.39, 0.29) is 11.8 Å². The van der Waals surface area contributed by atoms with Crippen LogP contribution in [0.4, 0.5) is 11.5 Å². The minimum Gasteiger partial charge on any atom is -0.368 e. The largest absolute Gasteiger partial charge is 0.368 e. The molecule has 154 valence electrons. The average Bonchev–Trinajstić information content (AvgIpc) is 3.41. The van der Waals surface area contributed by atoms with Gasteiger partial charge in [-0.2, -0.15) is 5.10 Å². The molecule has 0 saturated carbocycles. The van der Waals surface area contributed by atoms with Crippen LogP contribution in [-0.2, 0) is 16.1 Å². The third kappa shape index (κ3) is 4.75. The van der Waals surface area contributed by atoms with Crippen molar-refractivity contribution in [3.05, 3.63) is 77.5 Å². The van der Waals surface area contributed by atoms with E-state index in [0.29, 0.717) is 30.2 Å². The van der Waals surface area contributed by atoms with Crippen LogP contribution in [0, 0.1) is 6.92 Å². The van der Waals surface area contributed by atoms with Crippen molar-refractivity contribution >= 4 is 23.3 Å². The zero-order valence-electron chi connectivity index (χ0n) is 16.8. The van der Waals surface area contributed by atoms with Crippen LogP contribution in [0.15, 0.2) is 60.8 Å². The molecule has 2 amide bonds. The molecule has 1 fully saturated rings. The monoisotopic (exact) mass is 404 g/mol. The Hall–Kier alpha value is -3.45. The predicted molar refractivity (Wildman–Crippen MR) is 115 cm³/mol. The normalized spacial score (nSPS) is 15.7. The number of ether oxygens (including phenoxy) is 1. The molecule has 0 aliphatic carbocycles. The maximum absolute atomic E-state index is 12.8. The molecule has 1 unspecified atom stereocenters. The van der Waals surface area contributed by atoms with Gasteiger partial charge in [0.1, 0.15) is 11.9 Å². The van der Waals surface area contributed by atoms with Gasteiger partial charge in [0.05, 0.1) is 12.7 Å². The number of benzene rings is 2. The summed E-state index contributed by atoms with van der Waals surface area (Å²) in [4.78, 5) is 25.0. The number of amides is 2. The number of nitrogens with zero attached hydrogens (tertiary/aromatic N) is 2. The summed E-state index contributed by atoms with van der Waals surface area (Å²) >= 11 is 0. The Bertz CT molecular complexity index is 1050. The maximum atomic E-state index is 12.8. The van der Waals surface area contributed by atoms with Crippen molar-refractivity contribution in [3.8, 4) is 0 Å². The molecule has 4 rings (SSSR count). The second kappa shape index (κ2) is 8.92. The Labute approximate surface area is 175 Å². The van der Waals surface area contributed by atoms with E-state index in [1.165, 1.54) is 5.56 Å². The van der Waals surface area contributed by atoms with E-state index in [1.807, 2.05) is 25.1 Å². The lowest BCUT2D eigenvalue weighted by molar-refractivity contribution is -0.124. The number of rotatable bonds is 6. The van der Waals surface area contributed by atoms with Crippen LogP contribution in [0.2, 0.25) is 0 Å². The molecule has 1 aromatic heterocycles. The van der Waals surface area contributed by atoms with Gasteiger partial charge in [0, 0.05) is 23.9 Å². The van der Waals surface area contributed by atoms with Gasteiger partial charge in [-0.15, -0.1) is 0 Å². The van der Waals surface area contributed by atoms with Gasteiger partial charge in [-0.05, 0) is 43.5 Å². The summed E-state index contributed by atoms with van der Waals surface area (Å²) in [6.07, 6.45) is 2.84. The minimum absolute atomic E-state index is 0.179. The first-order valence-electron chi connectivity index (χ1n) is 10.00. The highest BCUT2D eigenvalue weighted by atomic mass is 16.5. The molecule has 1 atom stereocenters. The first-order chi connectivity index (χ1) is 14.6. The van der Waals surface area contributed by atoms with Crippen molar-refractivity contribution in [1.29, 1.82) is 0 Å². The van der Waals surface area contributed by atoms with Gasteiger partial charge in [0.25, 0.3) is 11.8 Å². The van der Waals surface area contributed by atoms with Crippen LogP contribution in [0.5, 0.6) is 0 Å². The minimum atomic E-state index is -0.418. The number of aromatic nitrogens is 2. The number of carbonyl (C=O) groups excluding carboxylic acids is 2. The highest BCUT2D eigenvalue weighted by Gasteiger charge is 2.23. The number of aryl methyl sites for hydroxylation is 1. The van der Waals surface area contributed by atoms with Gasteiger partial charge >= 0.3 is 0 Å². The summed E-state index contributed by atoms with van der Waals surface area (Å²) in [7, 11) is 0. The van der Waals surface area contributed by atoms with Gasteiger partial charge < -0.3 is 15.4 Å². The van der Waals surface area contributed by atoms with E-state index in [2.05, 4.69) is 21.8 Å². The summed E-state index contributed by atoms with van der Waals surface area (Å²) in [5, 5.41) is 10.0. The fourth-order valence-corrected chi connectivity index (χ4v) is 3.48. The Morgan fingerprint density at radius 1 is 1.13 bits per heavy atom. The van der Waals surface area contributed by atoms with Gasteiger partial charge in [0.2, 0.25) is 0 Å². The van der Waals surface area contributed by atoms with Crippen molar-refractivity contribution < 1.29 is 14.3 Å². The van der Waals surface area contributed by atoms with Crippen LogP contribution < -0.4 is 10.6 Å². The van der Waals surface area contributed by atoms with E-state index in [9.17, 15) is 9.59 Å². The Balaban J connectivity index is 1.43. The first kappa shape index (κ1) is 19.8. The van der Waals surface area contributed by atoms with Gasteiger partial charge in [-0.1, -0.05) is 35.9 Å². The van der Waals surface area contributed by atoms with Crippen molar-refractivity contribution in [1.82, 2.24) is 9.78 Å². The van der Waals surface area contributed by atoms with E-state index in [1.54, 1.807) is 41.2 Å². The van der Waals surface area contributed by atoms with Gasteiger partial charge in [0.15, 0.2) is 0 Å². The second-order valence-electron chi connectivity index (χ2n) is 7.39. The summed E-state index contributed by atoms with van der Waals surface area (Å²) in [5.41, 5.74) is 3.29. The van der Waals surface area contributed by atoms with Crippen molar-refractivity contribution in [2.45, 2.75) is 32.4 Å². The number of anilines is 2. The molecule has 0 bridgehead atoms. The molecule has 7 nitrogen and oxygen atoms in total. The van der Waals surface area contributed by atoms with Crippen LogP contribution in [0.1, 0.15) is 34.3 Å². The number of carbonyl (C=O) groups is 2. The standard InChI is InChI=1S/C23H24N4O3/c1-16-5-2-6-17(13-16)15-27-21(10-11-24-27)26-22(28)18-7-3-8-19(14-18)25-23(29)20-9-4-12-30-20/h2-3,5-8,10-11,13-14,20H,4,9,12,15H2,1H3,(H,25,29)(H,26,28). The Kier molecular flexibility index (Phi) is 5.90.